The van der Waals surface area contributed by atoms with Gasteiger partial charge in [-0.05, 0) is 24.8 Å². The minimum Gasteiger partial charge on any atom is -0.391 e. The summed E-state index contributed by atoms with van der Waals surface area (Å²) in [4.78, 5) is 12.3. The monoisotopic (exact) mass is 299 g/mol. The van der Waals surface area contributed by atoms with E-state index in [1.165, 1.54) is 6.33 Å². The first-order valence-electron chi connectivity index (χ1n) is 7.34. The number of aliphatic hydroxyl groups excluding tert-OH is 1. The Hall–Kier alpha value is -2.48. The van der Waals surface area contributed by atoms with Crippen LogP contribution >= 0.6 is 0 Å². The van der Waals surface area contributed by atoms with Crippen LogP contribution in [0.1, 0.15) is 12.8 Å². The fraction of sp³-hybridized carbons (Fsp3) is 0.429. The lowest BCUT2D eigenvalue weighted by Crippen LogP contribution is -2.29. The van der Waals surface area contributed by atoms with Crippen LogP contribution in [-0.4, -0.2) is 46.4 Å². The second-order valence-corrected chi connectivity index (χ2v) is 5.72. The first-order valence-corrected chi connectivity index (χ1v) is 7.34. The lowest BCUT2D eigenvalue weighted by molar-refractivity contribution is 0.166. The van der Waals surface area contributed by atoms with E-state index in [2.05, 4.69) is 29.9 Å². The van der Waals surface area contributed by atoms with Crippen LogP contribution in [0.5, 0.6) is 0 Å². The summed E-state index contributed by atoms with van der Waals surface area (Å²) in [6.45, 7) is 0.879. The smallest absolute Gasteiger partial charge is 0.254 e. The highest BCUT2D eigenvalue weighted by atomic mass is 16.3. The third kappa shape index (κ3) is 2.41. The van der Waals surface area contributed by atoms with Gasteiger partial charge in [0, 0.05) is 25.1 Å². The quantitative estimate of drug-likeness (QED) is 0.731. The van der Waals surface area contributed by atoms with E-state index in [4.69, 9.17) is 0 Å². The molecule has 8 nitrogen and oxygen atoms in total. The average Bonchev–Trinajstić information content (AvgIpc) is 3.22. The fourth-order valence-corrected chi connectivity index (χ4v) is 3.15. The number of hydrogen-bond acceptors (Lipinski definition) is 6. The summed E-state index contributed by atoms with van der Waals surface area (Å²) in [6, 6.07) is 1.85. The van der Waals surface area contributed by atoms with E-state index in [1.807, 2.05) is 18.6 Å². The van der Waals surface area contributed by atoms with Gasteiger partial charge in [-0.2, -0.15) is 14.6 Å². The van der Waals surface area contributed by atoms with Gasteiger partial charge in [-0.3, -0.25) is 0 Å². The lowest BCUT2D eigenvalue weighted by atomic mass is 10.1. The topological polar surface area (TPSA) is 93.2 Å². The van der Waals surface area contributed by atoms with Gasteiger partial charge in [0.2, 0.25) is 0 Å². The van der Waals surface area contributed by atoms with E-state index in [0.29, 0.717) is 11.7 Å². The van der Waals surface area contributed by atoms with Gasteiger partial charge in [0.25, 0.3) is 5.78 Å². The summed E-state index contributed by atoms with van der Waals surface area (Å²) in [6.07, 6.45) is 10.0. The number of aromatic nitrogens is 6. The van der Waals surface area contributed by atoms with E-state index in [9.17, 15) is 5.11 Å². The number of rotatable bonds is 4. The average molecular weight is 299 g/mol. The molecule has 0 radical (unpaired) electrons. The van der Waals surface area contributed by atoms with Crippen molar-refractivity contribution in [2.45, 2.75) is 31.5 Å². The molecule has 0 amide bonds. The van der Waals surface area contributed by atoms with Crippen LogP contribution in [0.25, 0.3) is 5.78 Å². The number of nitrogens with zero attached hydrogens (tertiary/aromatic N) is 6. The van der Waals surface area contributed by atoms with Crippen LogP contribution < -0.4 is 5.32 Å². The molecule has 3 aromatic heterocycles. The molecule has 2 N–H and O–H groups in total. The molecule has 4 rings (SSSR count). The van der Waals surface area contributed by atoms with Crippen molar-refractivity contribution in [1.29, 1.82) is 0 Å². The SMILES string of the molecule is O[C@@H]1CC(Cn2ccnc2)C[C@H]1Nc1ccnc2ncnn12. The van der Waals surface area contributed by atoms with Crippen molar-refractivity contribution in [3.05, 3.63) is 37.3 Å². The van der Waals surface area contributed by atoms with Crippen molar-refractivity contribution < 1.29 is 5.11 Å². The van der Waals surface area contributed by atoms with Gasteiger partial charge in [-0.1, -0.05) is 0 Å². The number of fused-ring (bicyclic) bond motifs is 1. The van der Waals surface area contributed by atoms with E-state index in [1.54, 1.807) is 16.9 Å². The molecule has 1 unspecified atom stereocenters. The Labute approximate surface area is 126 Å². The molecule has 0 bridgehead atoms. The predicted molar refractivity (Wildman–Crippen MR) is 79.2 cm³/mol. The van der Waals surface area contributed by atoms with Gasteiger partial charge in [-0.15, -0.1) is 0 Å². The molecular formula is C14H17N7O. The second-order valence-electron chi connectivity index (χ2n) is 5.72. The predicted octanol–water partition coefficient (Wildman–Crippen LogP) is 0.572. The lowest BCUT2D eigenvalue weighted by Gasteiger charge is -2.18. The molecule has 1 saturated carbocycles. The maximum Gasteiger partial charge on any atom is 0.254 e. The molecule has 3 aromatic rings. The first-order chi connectivity index (χ1) is 10.8. The van der Waals surface area contributed by atoms with Crippen LogP contribution in [0.15, 0.2) is 37.3 Å². The highest BCUT2D eigenvalue weighted by Crippen LogP contribution is 2.29. The van der Waals surface area contributed by atoms with Gasteiger partial charge in [0.15, 0.2) is 0 Å². The molecule has 1 aliphatic rings. The minimum absolute atomic E-state index is 0.00308. The van der Waals surface area contributed by atoms with Gasteiger partial charge in [-0.25, -0.2) is 9.97 Å². The van der Waals surface area contributed by atoms with Gasteiger partial charge in [0.1, 0.15) is 12.1 Å². The summed E-state index contributed by atoms with van der Waals surface area (Å²) in [7, 11) is 0. The Kier molecular flexibility index (Phi) is 3.23. The molecule has 22 heavy (non-hydrogen) atoms. The van der Waals surface area contributed by atoms with Crippen LogP contribution in [0.4, 0.5) is 5.82 Å². The Morgan fingerprint density at radius 2 is 2.23 bits per heavy atom. The zero-order valence-corrected chi connectivity index (χ0v) is 11.9. The van der Waals surface area contributed by atoms with Crippen LogP contribution in [0.3, 0.4) is 0 Å². The summed E-state index contributed by atoms with van der Waals surface area (Å²) in [5.41, 5.74) is 0. The molecule has 0 saturated heterocycles. The number of anilines is 1. The number of aliphatic hydroxyl groups is 1. The van der Waals surface area contributed by atoms with Gasteiger partial charge >= 0.3 is 0 Å². The van der Waals surface area contributed by atoms with E-state index < -0.39 is 0 Å². The van der Waals surface area contributed by atoms with E-state index in [-0.39, 0.29) is 12.1 Å². The maximum absolute atomic E-state index is 10.3. The van der Waals surface area contributed by atoms with E-state index in [0.717, 1.165) is 25.2 Å². The summed E-state index contributed by atoms with van der Waals surface area (Å²) >= 11 is 0. The fourth-order valence-electron chi connectivity index (χ4n) is 3.15. The molecule has 1 fully saturated rings. The standard InChI is InChI=1S/C14H17N7O/c22-12-6-10(7-20-4-3-15-9-20)5-11(12)19-13-1-2-16-14-17-8-18-21(13)14/h1-4,8-12,19,22H,5-7H2/t10?,11-,12-/m1/s1. The van der Waals surface area contributed by atoms with Gasteiger partial charge in [0.05, 0.1) is 18.5 Å². The van der Waals surface area contributed by atoms with Crippen molar-refractivity contribution >= 4 is 11.6 Å². The zero-order chi connectivity index (χ0) is 14.9. The minimum atomic E-state index is -0.375. The van der Waals surface area contributed by atoms with Crippen LogP contribution in [-0.2, 0) is 6.54 Å². The van der Waals surface area contributed by atoms with Crippen molar-refractivity contribution in [3.63, 3.8) is 0 Å². The molecule has 3 atom stereocenters. The Morgan fingerprint density at radius 3 is 3.09 bits per heavy atom. The third-order valence-electron chi connectivity index (χ3n) is 4.17. The van der Waals surface area contributed by atoms with Gasteiger partial charge < -0.3 is 15.0 Å². The number of imidazole rings is 1. The van der Waals surface area contributed by atoms with E-state index >= 15 is 0 Å². The third-order valence-corrected chi connectivity index (χ3v) is 4.17. The largest absolute Gasteiger partial charge is 0.391 e. The molecule has 114 valence electrons. The molecule has 1 aliphatic carbocycles. The molecule has 0 spiro atoms. The first kappa shape index (κ1) is 13.2. The Balaban J connectivity index is 1.48. The normalized spacial score (nSPS) is 24.9. The molecule has 0 aromatic carbocycles. The Bertz CT molecular complexity index is 753. The maximum atomic E-state index is 10.3. The highest BCUT2D eigenvalue weighted by molar-refractivity contribution is 5.43. The molecule has 3 heterocycles. The molecular weight excluding hydrogens is 282 g/mol. The van der Waals surface area contributed by atoms with Crippen LogP contribution in [0, 0.1) is 5.92 Å². The van der Waals surface area contributed by atoms with Crippen molar-refractivity contribution in [1.82, 2.24) is 29.1 Å². The summed E-state index contributed by atoms with van der Waals surface area (Å²) in [5.74, 6) is 1.78. The highest BCUT2D eigenvalue weighted by Gasteiger charge is 2.33. The van der Waals surface area contributed by atoms with Crippen LogP contribution in [0.2, 0.25) is 0 Å². The zero-order valence-electron chi connectivity index (χ0n) is 11.9. The van der Waals surface area contributed by atoms with Crippen molar-refractivity contribution in [3.8, 4) is 0 Å². The second kappa shape index (κ2) is 5.38. The summed E-state index contributed by atoms with van der Waals surface area (Å²) in [5, 5.41) is 17.9. The van der Waals surface area contributed by atoms with Crippen molar-refractivity contribution in [2.75, 3.05) is 5.32 Å². The van der Waals surface area contributed by atoms with Crippen molar-refractivity contribution in [2.24, 2.45) is 5.92 Å². The Morgan fingerprint density at radius 1 is 1.27 bits per heavy atom. The molecule has 0 aliphatic heterocycles. The summed E-state index contributed by atoms with van der Waals surface area (Å²) < 4.78 is 3.71. The number of hydrogen-bond donors (Lipinski definition) is 2. The molecule has 8 heteroatoms. The number of nitrogens with one attached hydrogen (secondary N) is 1.